The van der Waals surface area contributed by atoms with Crippen molar-refractivity contribution in [3.8, 4) is 5.75 Å². The number of halogens is 1. The third-order valence-corrected chi connectivity index (χ3v) is 4.85. The van der Waals surface area contributed by atoms with Crippen LogP contribution in [0.4, 0.5) is 5.69 Å². The summed E-state index contributed by atoms with van der Waals surface area (Å²) in [6.45, 7) is 3.50. The number of nitrogens with zero attached hydrogens (tertiary/aromatic N) is 1. The van der Waals surface area contributed by atoms with Crippen LogP contribution in [0.1, 0.15) is 36.1 Å². The number of carboxylic acid groups (broad SMARTS) is 1. The Morgan fingerprint density at radius 3 is 2.54 bits per heavy atom. The second-order valence-electron chi connectivity index (χ2n) is 6.52. The Hall–Kier alpha value is -2.24. The Kier molecular flexibility index (Phi) is 6.51. The quantitative estimate of drug-likeness (QED) is 0.681. The van der Waals surface area contributed by atoms with Gasteiger partial charge in [-0.3, -0.25) is 0 Å². The van der Waals surface area contributed by atoms with Crippen LogP contribution in [-0.4, -0.2) is 34.4 Å². The van der Waals surface area contributed by atoms with E-state index in [0.29, 0.717) is 29.1 Å². The SMILES string of the molecule is Cc1cc(CCC(O)c2cccc(O)c2)cc(Cl)c1N(C)[C@@H](C)C(=O)O. The summed E-state index contributed by atoms with van der Waals surface area (Å²) in [5.41, 5.74) is 3.21. The van der Waals surface area contributed by atoms with Crippen molar-refractivity contribution in [2.75, 3.05) is 11.9 Å². The van der Waals surface area contributed by atoms with E-state index in [0.717, 1.165) is 11.1 Å². The zero-order valence-corrected chi connectivity index (χ0v) is 15.9. The minimum atomic E-state index is -0.915. The number of aliphatic hydroxyl groups is 1. The summed E-state index contributed by atoms with van der Waals surface area (Å²) in [7, 11) is 1.71. The lowest BCUT2D eigenvalue weighted by Gasteiger charge is -2.27. The van der Waals surface area contributed by atoms with Crippen molar-refractivity contribution in [3.05, 3.63) is 58.1 Å². The third-order valence-electron chi connectivity index (χ3n) is 4.57. The van der Waals surface area contributed by atoms with Gasteiger partial charge in [-0.2, -0.15) is 0 Å². The van der Waals surface area contributed by atoms with Crippen molar-refractivity contribution in [3.63, 3.8) is 0 Å². The molecule has 0 saturated carbocycles. The zero-order valence-electron chi connectivity index (χ0n) is 15.1. The lowest BCUT2D eigenvalue weighted by atomic mass is 9.99. The largest absolute Gasteiger partial charge is 0.508 e. The highest BCUT2D eigenvalue weighted by molar-refractivity contribution is 6.33. The molecule has 0 bridgehead atoms. The molecule has 6 heteroatoms. The molecule has 2 rings (SSSR count). The number of hydrogen-bond acceptors (Lipinski definition) is 4. The van der Waals surface area contributed by atoms with Crippen LogP contribution in [0, 0.1) is 6.92 Å². The van der Waals surface area contributed by atoms with Crippen molar-refractivity contribution in [1.82, 2.24) is 0 Å². The van der Waals surface area contributed by atoms with Gasteiger partial charge in [0.15, 0.2) is 0 Å². The molecule has 0 aliphatic rings. The smallest absolute Gasteiger partial charge is 0.326 e. The maximum Gasteiger partial charge on any atom is 0.326 e. The van der Waals surface area contributed by atoms with E-state index in [-0.39, 0.29) is 5.75 Å². The fourth-order valence-electron chi connectivity index (χ4n) is 2.96. The van der Waals surface area contributed by atoms with Gasteiger partial charge in [-0.1, -0.05) is 29.8 Å². The van der Waals surface area contributed by atoms with Gasteiger partial charge >= 0.3 is 5.97 Å². The Bertz CT molecular complexity index is 770. The number of hydrogen-bond donors (Lipinski definition) is 3. The van der Waals surface area contributed by atoms with Crippen molar-refractivity contribution in [2.45, 2.75) is 38.8 Å². The molecule has 0 heterocycles. The van der Waals surface area contributed by atoms with E-state index in [4.69, 9.17) is 11.6 Å². The minimum absolute atomic E-state index is 0.125. The van der Waals surface area contributed by atoms with Crippen LogP contribution in [0.15, 0.2) is 36.4 Å². The third kappa shape index (κ3) is 4.68. The Balaban J connectivity index is 2.13. The molecular weight excluding hydrogens is 354 g/mol. The molecule has 0 amide bonds. The summed E-state index contributed by atoms with van der Waals surface area (Å²) in [5.74, 6) is -0.790. The standard InChI is InChI=1S/C20H24ClNO4/c1-12-9-14(7-8-18(24)15-5-4-6-16(23)11-15)10-17(21)19(12)22(3)13(2)20(25)26/h4-6,9-11,13,18,23-24H,7-8H2,1-3H3,(H,25,26)/t13-,18?/m0/s1. The number of anilines is 1. The molecule has 0 aliphatic carbocycles. The van der Waals surface area contributed by atoms with Crippen LogP contribution in [0.5, 0.6) is 5.75 Å². The fraction of sp³-hybridized carbons (Fsp3) is 0.350. The highest BCUT2D eigenvalue weighted by Gasteiger charge is 2.21. The van der Waals surface area contributed by atoms with Crippen LogP contribution in [0.2, 0.25) is 5.02 Å². The van der Waals surface area contributed by atoms with Crippen LogP contribution < -0.4 is 4.90 Å². The van der Waals surface area contributed by atoms with Gasteiger partial charge in [0.2, 0.25) is 0 Å². The van der Waals surface area contributed by atoms with E-state index in [2.05, 4.69) is 0 Å². The summed E-state index contributed by atoms with van der Waals surface area (Å²) in [5, 5.41) is 29.5. The number of phenolic OH excluding ortho intramolecular Hbond substituents is 1. The molecule has 0 fully saturated rings. The van der Waals surface area contributed by atoms with Crippen LogP contribution in [-0.2, 0) is 11.2 Å². The Labute approximate surface area is 158 Å². The Morgan fingerprint density at radius 1 is 1.27 bits per heavy atom. The molecule has 0 saturated heterocycles. The number of phenols is 1. The average Bonchev–Trinajstić information content (AvgIpc) is 2.58. The van der Waals surface area contributed by atoms with E-state index in [1.807, 2.05) is 19.1 Å². The topological polar surface area (TPSA) is 81.0 Å². The maximum atomic E-state index is 11.2. The number of aromatic hydroxyl groups is 1. The number of aliphatic carboxylic acids is 1. The molecule has 0 radical (unpaired) electrons. The van der Waals surface area contributed by atoms with Crippen LogP contribution >= 0.6 is 11.6 Å². The first-order valence-electron chi connectivity index (χ1n) is 8.42. The van der Waals surface area contributed by atoms with Crippen LogP contribution in [0.25, 0.3) is 0 Å². The van der Waals surface area contributed by atoms with Crippen molar-refractivity contribution in [2.24, 2.45) is 0 Å². The van der Waals surface area contributed by atoms with E-state index < -0.39 is 18.1 Å². The van der Waals surface area contributed by atoms with E-state index in [1.54, 1.807) is 43.1 Å². The zero-order chi connectivity index (χ0) is 19.4. The lowest BCUT2D eigenvalue weighted by molar-refractivity contribution is -0.138. The summed E-state index contributed by atoms with van der Waals surface area (Å²) in [6.07, 6.45) is 0.408. The van der Waals surface area contributed by atoms with Gasteiger partial charge in [-0.05, 0) is 61.6 Å². The van der Waals surface area contributed by atoms with E-state index >= 15 is 0 Å². The van der Waals surface area contributed by atoms with Crippen molar-refractivity contribution < 1.29 is 20.1 Å². The molecule has 2 aromatic rings. The summed E-state index contributed by atoms with van der Waals surface area (Å²) in [4.78, 5) is 12.9. The van der Waals surface area contributed by atoms with E-state index in [9.17, 15) is 20.1 Å². The van der Waals surface area contributed by atoms with Gasteiger partial charge in [-0.25, -0.2) is 4.79 Å². The first kappa shape index (κ1) is 20.1. The summed E-state index contributed by atoms with van der Waals surface area (Å²) in [6, 6.07) is 9.66. The lowest BCUT2D eigenvalue weighted by Crippen LogP contribution is -2.36. The van der Waals surface area contributed by atoms with Crippen LogP contribution in [0.3, 0.4) is 0 Å². The maximum absolute atomic E-state index is 11.2. The van der Waals surface area contributed by atoms with Gasteiger partial charge in [-0.15, -0.1) is 0 Å². The second kappa shape index (κ2) is 8.43. The van der Waals surface area contributed by atoms with Gasteiger partial charge in [0, 0.05) is 7.05 Å². The second-order valence-corrected chi connectivity index (χ2v) is 6.92. The molecule has 1 unspecified atom stereocenters. The van der Waals surface area contributed by atoms with Crippen molar-refractivity contribution >= 4 is 23.3 Å². The molecule has 2 atom stereocenters. The molecule has 140 valence electrons. The predicted octanol–water partition coefficient (Wildman–Crippen LogP) is 3.93. The monoisotopic (exact) mass is 377 g/mol. The molecule has 0 aliphatic heterocycles. The number of aliphatic hydroxyl groups excluding tert-OH is 1. The predicted molar refractivity (Wildman–Crippen MR) is 103 cm³/mol. The number of rotatable bonds is 7. The highest BCUT2D eigenvalue weighted by Crippen LogP contribution is 2.32. The highest BCUT2D eigenvalue weighted by atomic mass is 35.5. The molecule has 3 N–H and O–H groups in total. The van der Waals surface area contributed by atoms with Gasteiger partial charge < -0.3 is 20.2 Å². The van der Waals surface area contributed by atoms with E-state index in [1.165, 1.54) is 0 Å². The molecule has 2 aromatic carbocycles. The molecular formula is C20H24ClNO4. The molecule has 26 heavy (non-hydrogen) atoms. The normalized spacial score (nSPS) is 13.3. The number of carboxylic acids is 1. The first-order valence-corrected chi connectivity index (χ1v) is 8.80. The number of benzene rings is 2. The molecule has 5 nitrogen and oxygen atoms in total. The summed E-state index contributed by atoms with van der Waals surface area (Å²) < 4.78 is 0. The van der Waals surface area contributed by atoms with Gasteiger partial charge in [0.05, 0.1) is 16.8 Å². The molecule has 0 spiro atoms. The number of carbonyl (C=O) groups is 1. The van der Waals surface area contributed by atoms with Gasteiger partial charge in [0.1, 0.15) is 11.8 Å². The number of aryl methyl sites for hydroxylation is 2. The Morgan fingerprint density at radius 2 is 1.96 bits per heavy atom. The van der Waals surface area contributed by atoms with Gasteiger partial charge in [0.25, 0.3) is 0 Å². The van der Waals surface area contributed by atoms with Crippen molar-refractivity contribution in [1.29, 1.82) is 0 Å². The molecule has 0 aromatic heterocycles. The fourth-order valence-corrected chi connectivity index (χ4v) is 3.38. The first-order chi connectivity index (χ1) is 12.2. The minimum Gasteiger partial charge on any atom is -0.508 e. The average molecular weight is 378 g/mol. The number of likely N-dealkylation sites (N-methyl/N-ethyl adjacent to an activating group) is 1. The summed E-state index contributed by atoms with van der Waals surface area (Å²) >= 11 is 6.40.